The molecule has 2 rings (SSSR count). The van der Waals surface area contributed by atoms with E-state index in [1.54, 1.807) is 19.9 Å². The minimum Gasteiger partial charge on any atom is -0.386 e. The fourth-order valence-electron chi connectivity index (χ4n) is 1.91. The summed E-state index contributed by atoms with van der Waals surface area (Å²) in [6.07, 6.45) is -0.852. The molecule has 1 unspecified atom stereocenters. The standard InChI is InChI=1S/C12H16N2O4S2/c1-8-12(9(2)18-13-8)20(16,17)14(3)7-10(15)11-5-4-6-19-11/h4-6,10,15H,7H2,1-3H3. The first kappa shape index (κ1) is 15.2. The fourth-order valence-corrected chi connectivity index (χ4v) is 4.07. The summed E-state index contributed by atoms with van der Waals surface area (Å²) in [5.41, 5.74) is 0.319. The molecule has 0 spiro atoms. The van der Waals surface area contributed by atoms with Crippen molar-refractivity contribution in [2.24, 2.45) is 0 Å². The lowest BCUT2D eigenvalue weighted by Crippen LogP contribution is -2.31. The maximum absolute atomic E-state index is 12.5. The Balaban J connectivity index is 2.22. The largest absolute Gasteiger partial charge is 0.386 e. The van der Waals surface area contributed by atoms with Gasteiger partial charge in [-0.15, -0.1) is 11.3 Å². The van der Waals surface area contributed by atoms with E-state index in [4.69, 9.17) is 4.52 Å². The Labute approximate surface area is 121 Å². The Hall–Kier alpha value is -1.22. The molecule has 0 fully saturated rings. The van der Waals surface area contributed by atoms with Crippen molar-refractivity contribution in [1.29, 1.82) is 0 Å². The number of aliphatic hydroxyl groups excluding tert-OH is 1. The maximum atomic E-state index is 12.5. The molecular weight excluding hydrogens is 300 g/mol. The Bertz CT molecular complexity index is 657. The summed E-state index contributed by atoms with van der Waals surface area (Å²) in [6, 6.07) is 3.58. The van der Waals surface area contributed by atoms with E-state index in [2.05, 4.69) is 5.16 Å². The number of likely N-dealkylation sites (N-methyl/N-ethyl adjacent to an activating group) is 1. The molecule has 0 saturated carbocycles. The topological polar surface area (TPSA) is 83.6 Å². The average Bonchev–Trinajstić information content (AvgIpc) is 2.99. The number of rotatable bonds is 5. The van der Waals surface area contributed by atoms with Gasteiger partial charge >= 0.3 is 0 Å². The number of thiophene rings is 1. The molecule has 0 radical (unpaired) electrons. The van der Waals surface area contributed by atoms with Crippen LogP contribution in [0.5, 0.6) is 0 Å². The van der Waals surface area contributed by atoms with Crippen molar-refractivity contribution in [3.63, 3.8) is 0 Å². The van der Waals surface area contributed by atoms with Gasteiger partial charge < -0.3 is 9.63 Å². The Morgan fingerprint density at radius 3 is 2.70 bits per heavy atom. The zero-order chi connectivity index (χ0) is 14.9. The number of nitrogens with zero attached hydrogens (tertiary/aromatic N) is 2. The van der Waals surface area contributed by atoms with Crippen LogP contribution in [-0.2, 0) is 10.0 Å². The third-order valence-corrected chi connectivity index (χ3v) is 5.98. The van der Waals surface area contributed by atoms with Crippen LogP contribution in [0.1, 0.15) is 22.4 Å². The zero-order valence-electron chi connectivity index (χ0n) is 11.4. The molecule has 0 aromatic carbocycles. The van der Waals surface area contributed by atoms with Gasteiger partial charge in [-0.05, 0) is 25.3 Å². The highest BCUT2D eigenvalue weighted by Crippen LogP contribution is 2.25. The number of aliphatic hydroxyl groups is 1. The van der Waals surface area contributed by atoms with Gasteiger partial charge in [0.15, 0.2) is 5.76 Å². The highest BCUT2D eigenvalue weighted by Gasteiger charge is 2.30. The lowest BCUT2D eigenvalue weighted by Gasteiger charge is -2.19. The van der Waals surface area contributed by atoms with E-state index in [1.807, 2.05) is 11.4 Å². The maximum Gasteiger partial charge on any atom is 0.248 e. The van der Waals surface area contributed by atoms with Gasteiger partial charge in [0.2, 0.25) is 10.0 Å². The summed E-state index contributed by atoms with van der Waals surface area (Å²) in [4.78, 5) is 0.796. The summed E-state index contributed by atoms with van der Waals surface area (Å²) in [7, 11) is -2.29. The molecule has 110 valence electrons. The molecule has 8 heteroatoms. The van der Waals surface area contributed by atoms with Gasteiger partial charge in [-0.1, -0.05) is 11.2 Å². The molecule has 1 atom stereocenters. The number of aromatic nitrogens is 1. The van der Waals surface area contributed by atoms with Crippen molar-refractivity contribution in [3.05, 3.63) is 33.8 Å². The molecule has 0 aliphatic rings. The van der Waals surface area contributed by atoms with Crippen molar-refractivity contribution < 1.29 is 18.0 Å². The number of hydrogen-bond acceptors (Lipinski definition) is 6. The molecule has 6 nitrogen and oxygen atoms in total. The highest BCUT2D eigenvalue weighted by molar-refractivity contribution is 7.89. The number of aryl methyl sites for hydroxylation is 2. The first-order valence-corrected chi connectivity index (χ1v) is 8.26. The van der Waals surface area contributed by atoms with E-state index >= 15 is 0 Å². The predicted molar refractivity (Wildman–Crippen MR) is 75.1 cm³/mol. The zero-order valence-corrected chi connectivity index (χ0v) is 13.0. The van der Waals surface area contributed by atoms with Crippen molar-refractivity contribution in [3.8, 4) is 0 Å². The van der Waals surface area contributed by atoms with Gasteiger partial charge in [-0.25, -0.2) is 8.42 Å². The van der Waals surface area contributed by atoms with Gasteiger partial charge in [-0.3, -0.25) is 0 Å². The molecule has 2 aromatic heterocycles. The molecule has 20 heavy (non-hydrogen) atoms. The lowest BCUT2D eigenvalue weighted by molar-refractivity contribution is 0.158. The Morgan fingerprint density at radius 1 is 1.50 bits per heavy atom. The summed E-state index contributed by atoms with van der Waals surface area (Å²) in [5.74, 6) is 0.250. The lowest BCUT2D eigenvalue weighted by atomic mass is 10.3. The normalized spacial score (nSPS) is 13.8. The van der Waals surface area contributed by atoms with Gasteiger partial charge in [0.25, 0.3) is 0 Å². The molecule has 0 saturated heterocycles. The Morgan fingerprint density at radius 2 is 2.20 bits per heavy atom. The van der Waals surface area contributed by atoms with Crippen molar-refractivity contribution in [2.45, 2.75) is 24.8 Å². The van der Waals surface area contributed by atoms with Gasteiger partial charge in [0, 0.05) is 18.5 Å². The third-order valence-electron chi connectivity index (χ3n) is 2.94. The van der Waals surface area contributed by atoms with Gasteiger partial charge in [0.05, 0.1) is 0 Å². The second-order valence-electron chi connectivity index (χ2n) is 4.47. The van der Waals surface area contributed by atoms with Crippen LogP contribution in [0.15, 0.2) is 26.9 Å². The molecule has 1 N–H and O–H groups in total. The van der Waals surface area contributed by atoms with Crippen LogP contribution in [0.4, 0.5) is 0 Å². The quantitative estimate of drug-likeness (QED) is 0.908. The van der Waals surface area contributed by atoms with Crippen LogP contribution in [0.25, 0.3) is 0 Å². The second-order valence-corrected chi connectivity index (χ2v) is 7.43. The van der Waals surface area contributed by atoms with E-state index in [0.29, 0.717) is 5.69 Å². The number of sulfonamides is 1. The molecule has 0 amide bonds. The molecular formula is C12H16N2O4S2. The molecule has 2 aromatic rings. The summed E-state index contributed by atoms with van der Waals surface area (Å²) in [5, 5.41) is 15.5. The monoisotopic (exact) mass is 316 g/mol. The van der Waals surface area contributed by atoms with Crippen LogP contribution < -0.4 is 0 Å². The SMILES string of the molecule is Cc1noc(C)c1S(=O)(=O)N(C)CC(O)c1cccs1. The van der Waals surface area contributed by atoms with Crippen LogP contribution >= 0.6 is 11.3 Å². The summed E-state index contributed by atoms with van der Waals surface area (Å²) in [6.45, 7) is 3.11. The molecule has 0 aliphatic heterocycles. The molecule has 2 heterocycles. The minimum atomic E-state index is -3.72. The summed E-state index contributed by atoms with van der Waals surface area (Å²) < 4.78 is 30.9. The van der Waals surface area contributed by atoms with E-state index in [1.165, 1.54) is 18.4 Å². The predicted octanol–water partition coefficient (Wildman–Crippen LogP) is 1.71. The van der Waals surface area contributed by atoms with Crippen molar-refractivity contribution in [2.75, 3.05) is 13.6 Å². The number of hydrogen-bond donors (Lipinski definition) is 1. The van der Waals surface area contributed by atoms with Crippen LogP contribution in [0.3, 0.4) is 0 Å². The smallest absolute Gasteiger partial charge is 0.248 e. The van der Waals surface area contributed by atoms with Gasteiger partial charge in [0.1, 0.15) is 16.7 Å². The first-order valence-electron chi connectivity index (χ1n) is 5.94. The van der Waals surface area contributed by atoms with Crippen molar-refractivity contribution in [1.82, 2.24) is 9.46 Å². The molecule has 0 aliphatic carbocycles. The third kappa shape index (κ3) is 2.78. The van der Waals surface area contributed by atoms with E-state index in [-0.39, 0.29) is 17.2 Å². The van der Waals surface area contributed by atoms with E-state index in [0.717, 1.165) is 9.18 Å². The van der Waals surface area contributed by atoms with Crippen LogP contribution in [-0.4, -0.2) is 36.6 Å². The minimum absolute atomic E-state index is 0.0209. The first-order chi connectivity index (χ1) is 9.34. The van der Waals surface area contributed by atoms with Gasteiger partial charge in [-0.2, -0.15) is 4.31 Å². The van der Waals surface area contributed by atoms with E-state index in [9.17, 15) is 13.5 Å². The van der Waals surface area contributed by atoms with Crippen LogP contribution in [0.2, 0.25) is 0 Å². The summed E-state index contributed by atoms with van der Waals surface area (Å²) >= 11 is 1.39. The second kappa shape index (κ2) is 5.65. The van der Waals surface area contributed by atoms with Crippen LogP contribution in [0, 0.1) is 13.8 Å². The Kier molecular flexibility index (Phi) is 4.28. The molecule has 0 bridgehead atoms. The van der Waals surface area contributed by atoms with Crippen molar-refractivity contribution >= 4 is 21.4 Å². The highest BCUT2D eigenvalue weighted by atomic mass is 32.2. The average molecular weight is 316 g/mol. The fraction of sp³-hybridized carbons (Fsp3) is 0.417. The van der Waals surface area contributed by atoms with E-state index < -0.39 is 16.1 Å².